The molecule has 2 aromatic rings. The summed E-state index contributed by atoms with van der Waals surface area (Å²) in [6, 6.07) is 11.0. The Kier molecular flexibility index (Phi) is 4.90. The summed E-state index contributed by atoms with van der Waals surface area (Å²) in [5.74, 6) is -0.673. The summed E-state index contributed by atoms with van der Waals surface area (Å²) >= 11 is 0. The van der Waals surface area contributed by atoms with Crippen LogP contribution in [0.2, 0.25) is 0 Å². The highest BCUT2D eigenvalue weighted by Gasteiger charge is 2.32. The third kappa shape index (κ3) is 3.57. The van der Waals surface area contributed by atoms with Gasteiger partial charge < -0.3 is 15.0 Å². The zero-order valence-electron chi connectivity index (χ0n) is 14.9. The minimum atomic E-state index is -0.381. The Morgan fingerprint density at radius 1 is 1.15 bits per heavy atom. The zero-order chi connectivity index (χ0) is 18.8. The van der Waals surface area contributed by atoms with E-state index in [1.54, 1.807) is 0 Å². The van der Waals surface area contributed by atoms with Crippen molar-refractivity contribution in [1.82, 2.24) is 0 Å². The fraction of sp³-hybridized carbons (Fsp3) is 0.333. The highest BCUT2D eigenvalue weighted by molar-refractivity contribution is 6.05. The number of amides is 2. The predicted molar refractivity (Wildman–Crippen MR) is 100 cm³/mol. The lowest BCUT2D eigenvalue weighted by molar-refractivity contribution is -0.122. The second kappa shape index (κ2) is 7.48. The van der Waals surface area contributed by atoms with Gasteiger partial charge in [-0.2, -0.15) is 0 Å². The van der Waals surface area contributed by atoms with E-state index in [2.05, 4.69) is 5.32 Å². The van der Waals surface area contributed by atoms with Crippen LogP contribution in [0.25, 0.3) is 0 Å². The lowest BCUT2D eigenvalue weighted by Gasteiger charge is -2.32. The van der Waals surface area contributed by atoms with Crippen molar-refractivity contribution < 1.29 is 18.7 Å². The number of ether oxygens (including phenoxy) is 1. The summed E-state index contributed by atoms with van der Waals surface area (Å²) in [5, 5.41) is 2.91. The lowest BCUT2D eigenvalue weighted by Crippen LogP contribution is -2.40. The van der Waals surface area contributed by atoms with Crippen LogP contribution in [0.3, 0.4) is 0 Å². The molecule has 1 unspecified atom stereocenters. The number of fused-ring (bicyclic) bond motifs is 1. The number of carbonyl (C=O) groups is 2. The first-order valence-corrected chi connectivity index (χ1v) is 9.21. The number of nitrogens with one attached hydrogen (secondary N) is 1. The number of halogens is 1. The zero-order valence-corrected chi connectivity index (χ0v) is 14.9. The molecular formula is C21H21FN2O3. The number of anilines is 2. The molecule has 2 amide bonds. The van der Waals surface area contributed by atoms with Gasteiger partial charge in [-0.15, -0.1) is 0 Å². The molecule has 27 heavy (non-hydrogen) atoms. The van der Waals surface area contributed by atoms with Gasteiger partial charge in [-0.05, 0) is 61.2 Å². The molecule has 140 valence electrons. The maximum atomic E-state index is 13.1. The Morgan fingerprint density at radius 2 is 1.96 bits per heavy atom. The summed E-state index contributed by atoms with van der Waals surface area (Å²) in [5.41, 5.74) is 2.91. The van der Waals surface area contributed by atoms with E-state index in [9.17, 15) is 14.0 Å². The monoisotopic (exact) mass is 368 g/mol. The maximum absolute atomic E-state index is 13.1. The van der Waals surface area contributed by atoms with Crippen molar-refractivity contribution in [2.45, 2.75) is 19.3 Å². The van der Waals surface area contributed by atoms with Crippen LogP contribution >= 0.6 is 0 Å². The molecule has 1 atom stereocenters. The van der Waals surface area contributed by atoms with Crippen molar-refractivity contribution >= 4 is 23.2 Å². The molecule has 2 aliphatic heterocycles. The van der Waals surface area contributed by atoms with E-state index < -0.39 is 0 Å². The van der Waals surface area contributed by atoms with E-state index in [0.29, 0.717) is 31.0 Å². The Bertz CT molecular complexity index is 860. The fourth-order valence-electron chi connectivity index (χ4n) is 3.72. The van der Waals surface area contributed by atoms with Gasteiger partial charge in [-0.25, -0.2) is 4.39 Å². The largest absolute Gasteiger partial charge is 0.381 e. The summed E-state index contributed by atoms with van der Waals surface area (Å²) in [6.07, 6.45) is 2.39. The standard InChI is InChI=1S/C21H21FN2O3/c22-16-8-6-14(7-9-16)20(25)23-18-4-1-5-19-17(18)3-2-11-24(19)21(26)15-10-12-27-13-15/h1,4-9,15H,2-3,10-13H2,(H,23,25). The summed E-state index contributed by atoms with van der Waals surface area (Å²) in [4.78, 5) is 27.2. The predicted octanol–water partition coefficient (Wildman–Crippen LogP) is 3.39. The van der Waals surface area contributed by atoms with E-state index in [0.717, 1.165) is 30.5 Å². The molecule has 2 aromatic carbocycles. The third-order valence-corrected chi connectivity index (χ3v) is 5.15. The maximum Gasteiger partial charge on any atom is 0.255 e. The molecule has 0 aliphatic carbocycles. The van der Waals surface area contributed by atoms with Crippen molar-refractivity contribution in [2.75, 3.05) is 30.0 Å². The molecule has 0 spiro atoms. The van der Waals surface area contributed by atoms with Gasteiger partial charge in [0.15, 0.2) is 0 Å². The van der Waals surface area contributed by atoms with Gasteiger partial charge >= 0.3 is 0 Å². The topological polar surface area (TPSA) is 58.6 Å². The number of carbonyl (C=O) groups excluding carboxylic acids is 2. The first-order chi connectivity index (χ1) is 13.1. The van der Waals surface area contributed by atoms with Crippen LogP contribution in [0, 0.1) is 11.7 Å². The van der Waals surface area contributed by atoms with Gasteiger partial charge in [0.25, 0.3) is 5.91 Å². The Morgan fingerprint density at radius 3 is 2.70 bits per heavy atom. The van der Waals surface area contributed by atoms with Crippen LogP contribution < -0.4 is 10.2 Å². The molecule has 0 bridgehead atoms. The van der Waals surface area contributed by atoms with Gasteiger partial charge in [0.2, 0.25) is 5.91 Å². The normalized spacial score (nSPS) is 18.9. The van der Waals surface area contributed by atoms with Crippen molar-refractivity contribution in [3.8, 4) is 0 Å². The second-order valence-corrected chi connectivity index (χ2v) is 6.92. The Labute approximate surface area is 157 Å². The summed E-state index contributed by atoms with van der Waals surface area (Å²) in [6.45, 7) is 1.79. The van der Waals surface area contributed by atoms with E-state index in [4.69, 9.17) is 4.74 Å². The van der Waals surface area contributed by atoms with Crippen LogP contribution in [-0.4, -0.2) is 31.6 Å². The van der Waals surface area contributed by atoms with Crippen molar-refractivity contribution in [3.63, 3.8) is 0 Å². The van der Waals surface area contributed by atoms with Crippen molar-refractivity contribution in [3.05, 3.63) is 59.4 Å². The van der Waals surface area contributed by atoms with E-state index in [1.807, 2.05) is 23.1 Å². The Hall–Kier alpha value is -2.73. The molecule has 4 rings (SSSR count). The molecule has 0 aromatic heterocycles. The van der Waals surface area contributed by atoms with Crippen LogP contribution in [0.1, 0.15) is 28.8 Å². The Balaban J connectivity index is 1.58. The highest BCUT2D eigenvalue weighted by Crippen LogP contribution is 2.34. The van der Waals surface area contributed by atoms with Crippen molar-refractivity contribution in [2.24, 2.45) is 5.92 Å². The molecule has 1 N–H and O–H groups in total. The van der Waals surface area contributed by atoms with E-state index in [1.165, 1.54) is 24.3 Å². The average molecular weight is 368 g/mol. The van der Waals surface area contributed by atoms with Crippen molar-refractivity contribution in [1.29, 1.82) is 0 Å². The van der Waals surface area contributed by atoms with E-state index >= 15 is 0 Å². The molecule has 2 aliphatic rings. The summed E-state index contributed by atoms with van der Waals surface area (Å²) < 4.78 is 18.4. The quantitative estimate of drug-likeness (QED) is 0.903. The minimum Gasteiger partial charge on any atom is -0.381 e. The van der Waals surface area contributed by atoms with Gasteiger partial charge in [0, 0.05) is 30.1 Å². The first-order valence-electron chi connectivity index (χ1n) is 9.21. The fourth-order valence-corrected chi connectivity index (χ4v) is 3.72. The molecule has 6 heteroatoms. The van der Waals surface area contributed by atoms with Gasteiger partial charge in [-0.1, -0.05) is 6.07 Å². The minimum absolute atomic E-state index is 0.0894. The van der Waals surface area contributed by atoms with Crippen LogP contribution in [0.5, 0.6) is 0 Å². The van der Waals surface area contributed by atoms with Gasteiger partial charge in [0.1, 0.15) is 5.82 Å². The number of hydrogen-bond donors (Lipinski definition) is 1. The lowest BCUT2D eigenvalue weighted by atomic mass is 9.97. The van der Waals surface area contributed by atoms with Gasteiger partial charge in [0.05, 0.1) is 12.5 Å². The molecule has 1 saturated heterocycles. The number of benzene rings is 2. The average Bonchev–Trinajstić information content (AvgIpc) is 3.22. The van der Waals surface area contributed by atoms with E-state index in [-0.39, 0.29) is 23.5 Å². The molecule has 5 nitrogen and oxygen atoms in total. The van der Waals surface area contributed by atoms with Crippen LogP contribution in [-0.2, 0) is 16.0 Å². The third-order valence-electron chi connectivity index (χ3n) is 5.15. The van der Waals surface area contributed by atoms with Crippen LogP contribution in [0.4, 0.5) is 15.8 Å². The number of nitrogens with zero attached hydrogens (tertiary/aromatic N) is 1. The molecular weight excluding hydrogens is 347 g/mol. The summed E-state index contributed by atoms with van der Waals surface area (Å²) in [7, 11) is 0. The second-order valence-electron chi connectivity index (χ2n) is 6.92. The molecule has 2 heterocycles. The first kappa shape index (κ1) is 17.7. The van der Waals surface area contributed by atoms with Crippen LogP contribution in [0.15, 0.2) is 42.5 Å². The highest BCUT2D eigenvalue weighted by atomic mass is 19.1. The molecule has 1 fully saturated rings. The van der Waals surface area contributed by atoms with Gasteiger partial charge in [-0.3, -0.25) is 9.59 Å². The smallest absolute Gasteiger partial charge is 0.255 e. The SMILES string of the molecule is O=C(Nc1cccc2c1CCCN2C(=O)C1CCOC1)c1ccc(F)cc1. The molecule has 0 saturated carbocycles. The molecule has 0 radical (unpaired) electrons. The number of hydrogen-bond acceptors (Lipinski definition) is 3. The number of rotatable bonds is 3.